The van der Waals surface area contributed by atoms with E-state index in [1.165, 1.54) is 16.9 Å². The number of H-pyrrole nitrogens is 1. The van der Waals surface area contributed by atoms with E-state index in [0.29, 0.717) is 11.6 Å². The number of aromatic nitrogens is 4. The average molecular weight is 272 g/mol. The van der Waals surface area contributed by atoms with Crippen molar-refractivity contribution < 1.29 is 14.2 Å². The summed E-state index contributed by atoms with van der Waals surface area (Å²) in [7, 11) is 1.59. The van der Waals surface area contributed by atoms with Crippen LogP contribution in [0.15, 0.2) is 36.7 Å². The second-order valence-corrected chi connectivity index (χ2v) is 4.04. The van der Waals surface area contributed by atoms with Gasteiger partial charge < -0.3 is 4.74 Å². The Morgan fingerprint density at radius 3 is 2.75 bits per heavy atom. The van der Waals surface area contributed by atoms with Gasteiger partial charge in [0.25, 0.3) is 0 Å². The fourth-order valence-corrected chi connectivity index (χ4v) is 1.79. The van der Waals surface area contributed by atoms with Gasteiger partial charge in [0.15, 0.2) is 12.4 Å². The highest BCUT2D eigenvalue weighted by molar-refractivity contribution is 5.56. The number of hydrogen-bond acceptors (Lipinski definition) is 5. The van der Waals surface area contributed by atoms with Crippen LogP contribution in [0.5, 0.6) is 5.75 Å². The number of ether oxygens (including phenoxy) is 1. The van der Waals surface area contributed by atoms with Crippen LogP contribution in [0.1, 0.15) is 0 Å². The predicted molar refractivity (Wildman–Crippen MR) is 68.2 cm³/mol. The molecule has 1 N–H and O–H groups in total. The molecule has 0 saturated heterocycles. The molecule has 3 aromatic rings. The van der Waals surface area contributed by atoms with Crippen LogP contribution in [0, 0.1) is 10.1 Å². The molecule has 8 nitrogen and oxygen atoms in total. The van der Waals surface area contributed by atoms with Crippen molar-refractivity contribution in [2.24, 2.45) is 0 Å². The van der Waals surface area contributed by atoms with Gasteiger partial charge in [0.05, 0.1) is 12.0 Å². The highest BCUT2D eigenvalue weighted by Crippen LogP contribution is 2.18. The van der Waals surface area contributed by atoms with Gasteiger partial charge in [0.2, 0.25) is 5.82 Å². The van der Waals surface area contributed by atoms with Gasteiger partial charge in [-0.05, 0) is 29.2 Å². The molecule has 0 bridgehead atoms. The first-order valence-electron chi connectivity index (χ1n) is 5.73. The summed E-state index contributed by atoms with van der Waals surface area (Å²) in [6.45, 7) is 0. The Labute approximate surface area is 112 Å². The summed E-state index contributed by atoms with van der Waals surface area (Å²) in [5.74, 6) is 1.67. The molecule has 0 aliphatic heterocycles. The number of nitrogens with one attached hydrogen (secondary N) is 1. The van der Waals surface area contributed by atoms with E-state index in [-0.39, 0.29) is 5.69 Å². The molecule has 0 aliphatic rings. The number of benzene rings is 1. The van der Waals surface area contributed by atoms with E-state index in [4.69, 9.17) is 4.74 Å². The van der Waals surface area contributed by atoms with Gasteiger partial charge in [0.1, 0.15) is 5.75 Å². The Hall–Kier alpha value is -3.03. The predicted octanol–water partition coefficient (Wildman–Crippen LogP) is 1.13. The number of rotatable bonds is 3. The van der Waals surface area contributed by atoms with Crippen molar-refractivity contribution in [2.45, 2.75) is 0 Å². The van der Waals surface area contributed by atoms with Crippen LogP contribution in [-0.4, -0.2) is 27.1 Å². The Kier molecular flexibility index (Phi) is 2.75. The van der Waals surface area contributed by atoms with E-state index in [1.54, 1.807) is 7.11 Å². The number of fused-ring (bicyclic) bond motifs is 1. The fourth-order valence-electron chi connectivity index (χ4n) is 1.79. The minimum Gasteiger partial charge on any atom is -0.497 e. The molecule has 1 aromatic carbocycles. The molecule has 0 unspecified atom stereocenters. The number of nitrogens with zero attached hydrogens (tertiary/aromatic N) is 4. The third-order valence-corrected chi connectivity index (χ3v) is 2.80. The molecule has 0 amide bonds. The second kappa shape index (κ2) is 4.57. The SMILES string of the molecule is COc1ccc(-c2nc3ncc([N+](=O)[O-])c[n+]3[nH]2)cc1. The molecular weight excluding hydrogens is 262 g/mol. The van der Waals surface area contributed by atoms with E-state index < -0.39 is 4.92 Å². The molecular formula is C12H10N5O3+. The molecule has 0 atom stereocenters. The lowest BCUT2D eigenvalue weighted by Crippen LogP contribution is -2.24. The van der Waals surface area contributed by atoms with E-state index >= 15 is 0 Å². The van der Waals surface area contributed by atoms with Crippen LogP contribution < -0.4 is 9.25 Å². The quantitative estimate of drug-likeness (QED) is 0.438. The van der Waals surface area contributed by atoms with Gasteiger partial charge in [-0.3, -0.25) is 10.1 Å². The molecule has 100 valence electrons. The number of aromatic amines is 1. The lowest BCUT2D eigenvalue weighted by molar-refractivity contribution is -0.584. The molecule has 0 spiro atoms. The number of nitro groups is 1. The first-order valence-corrected chi connectivity index (χ1v) is 5.73. The van der Waals surface area contributed by atoms with Crippen LogP contribution in [-0.2, 0) is 0 Å². The highest BCUT2D eigenvalue weighted by atomic mass is 16.6. The first kappa shape index (κ1) is 12.0. The molecule has 0 saturated carbocycles. The van der Waals surface area contributed by atoms with Crippen LogP contribution in [0.3, 0.4) is 0 Å². The Balaban J connectivity index is 2.05. The molecule has 8 heteroatoms. The summed E-state index contributed by atoms with van der Waals surface area (Å²) in [4.78, 5) is 18.4. The van der Waals surface area contributed by atoms with Crippen molar-refractivity contribution in [3.8, 4) is 17.1 Å². The van der Waals surface area contributed by atoms with Crippen LogP contribution in [0.25, 0.3) is 17.2 Å². The summed E-state index contributed by atoms with van der Waals surface area (Å²) in [5, 5.41) is 13.6. The van der Waals surface area contributed by atoms with E-state index in [0.717, 1.165) is 11.3 Å². The van der Waals surface area contributed by atoms with Gasteiger partial charge in [-0.2, -0.15) is 0 Å². The zero-order valence-electron chi connectivity index (χ0n) is 10.5. The zero-order valence-corrected chi connectivity index (χ0v) is 10.5. The standard InChI is InChI=1S/C12H9N5O3/c1-20-10-4-2-8(3-5-10)11-14-12-13-6-9(17(18)19)7-16(12)15-11/h2-7H,1H3/p+1. The smallest absolute Gasteiger partial charge is 0.457 e. The third-order valence-electron chi connectivity index (χ3n) is 2.80. The highest BCUT2D eigenvalue weighted by Gasteiger charge is 2.18. The van der Waals surface area contributed by atoms with Crippen molar-refractivity contribution in [2.75, 3.05) is 7.11 Å². The lowest BCUT2D eigenvalue weighted by atomic mass is 10.2. The first-order chi connectivity index (χ1) is 9.67. The van der Waals surface area contributed by atoms with E-state index in [9.17, 15) is 10.1 Å². The largest absolute Gasteiger partial charge is 0.497 e. The molecule has 0 aliphatic carbocycles. The zero-order chi connectivity index (χ0) is 14.1. The van der Waals surface area contributed by atoms with Crippen LogP contribution in [0.2, 0.25) is 0 Å². The minimum atomic E-state index is -0.507. The van der Waals surface area contributed by atoms with Gasteiger partial charge in [-0.1, -0.05) is 4.98 Å². The molecule has 0 fully saturated rings. The lowest BCUT2D eigenvalue weighted by Gasteiger charge is -1.98. The van der Waals surface area contributed by atoms with E-state index in [2.05, 4.69) is 15.1 Å². The Morgan fingerprint density at radius 2 is 2.10 bits per heavy atom. The molecule has 3 rings (SSSR count). The van der Waals surface area contributed by atoms with Crippen molar-refractivity contribution in [3.63, 3.8) is 0 Å². The maximum Gasteiger partial charge on any atom is 0.457 e. The molecule has 2 aromatic heterocycles. The maximum atomic E-state index is 10.7. The average Bonchev–Trinajstić information content (AvgIpc) is 2.90. The van der Waals surface area contributed by atoms with E-state index in [1.807, 2.05) is 24.3 Å². The van der Waals surface area contributed by atoms with Crippen molar-refractivity contribution in [1.82, 2.24) is 15.1 Å². The molecule has 2 heterocycles. The summed E-state index contributed by atoms with van der Waals surface area (Å²) >= 11 is 0. The minimum absolute atomic E-state index is 0.104. The second-order valence-electron chi connectivity index (χ2n) is 4.04. The number of methoxy groups -OCH3 is 1. The van der Waals surface area contributed by atoms with Crippen molar-refractivity contribution in [1.29, 1.82) is 0 Å². The summed E-state index contributed by atoms with van der Waals surface area (Å²) in [6.07, 6.45) is 2.51. The van der Waals surface area contributed by atoms with Crippen molar-refractivity contribution in [3.05, 3.63) is 46.8 Å². The molecule has 0 radical (unpaired) electrons. The Morgan fingerprint density at radius 1 is 1.35 bits per heavy atom. The normalized spacial score (nSPS) is 10.7. The van der Waals surface area contributed by atoms with Gasteiger partial charge in [-0.15, -0.1) is 4.52 Å². The topological polar surface area (TPSA) is 98.0 Å². The van der Waals surface area contributed by atoms with Crippen molar-refractivity contribution >= 4 is 11.5 Å². The summed E-state index contributed by atoms with van der Waals surface area (Å²) < 4.78 is 6.50. The van der Waals surface area contributed by atoms with Gasteiger partial charge >= 0.3 is 11.5 Å². The molecule has 20 heavy (non-hydrogen) atoms. The van der Waals surface area contributed by atoms with Crippen LogP contribution >= 0.6 is 0 Å². The van der Waals surface area contributed by atoms with Gasteiger partial charge in [-0.25, -0.2) is 5.10 Å². The summed E-state index contributed by atoms with van der Waals surface area (Å²) in [6, 6.07) is 7.29. The van der Waals surface area contributed by atoms with Gasteiger partial charge in [0, 0.05) is 5.56 Å². The van der Waals surface area contributed by atoms with Crippen LogP contribution in [0.4, 0.5) is 5.69 Å². The Bertz CT molecular complexity index is 781. The third kappa shape index (κ3) is 2.03. The fraction of sp³-hybridized carbons (Fsp3) is 0.0833. The monoisotopic (exact) mass is 272 g/mol. The number of hydrogen-bond donors (Lipinski definition) is 1. The summed E-state index contributed by atoms with van der Waals surface area (Å²) in [5.41, 5.74) is 0.728. The maximum absolute atomic E-state index is 10.7.